The van der Waals surface area contributed by atoms with E-state index in [2.05, 4.69) is 85.2 Å². The second-order valence-electron chi connectivity index (χ2n) is 7.03. The van der Waals surface area contributed by atoms with E-state index in [-0.39, 0.29) is 0 Å². The smallest absolute Gasteiger partial charge is 0.0230 e. The number of nitrogens with zero attached hydrogens (tertiary/aromatic N) is 1. The van der Waals surface area contributed by atoms with Gasteiger partial charge in [0.2, 0.25) is 0 Å². The lowest BCUT2D eigenvalue weighted by atomic mass is 9.84. The highest BCUT2D eigenvalue weighted by Crippen LogP contribution is 2.22. The zero-order chi connectivity index (χ0) is 15.9. The highest BCUT2D eigenvalue weighted by atomic mass is 79.9. The van der Waals surface area contributed by atoms with Crippen molar-refractivity contribution in [3.05, 3.63) is 34.3 Å². The topological polar surface area (TPSA) is 15.3 Å². The maximum Gasteiger partial charge on any atom is 0.0230 e. The van der Waals surface area contributed by atoms with Crippen LogP contribution in [0.5, 0.6) is 0 Å². The van der Waals surface area contributed by atoms with E-state index in [1.165, 1.54) is 18.4 Å². The molecule has 0 radical (unpaired) electrons. The first-order chi connectivity index (χ1) is 9.82. The van der Waals surface area contributed by atoms with Gasteiger partial charge in [0.1, 0.15) is 0 Å². The van der Waals surface area contributed by atoms with E-state index in [4.69, 9.17) is 0 Å². The molecule has 2 nitrogen and oxygen atoms in total. The predicted octanol–water partition coefficient (Wildman–Crippen LogP) is 4.69. The fourth-order valence-electron chi connectivity index (χ4n) is 2.49. The lowest BCUT2D eigenvalue weighted by molar-refractivity contribution is 0.219. The van der Waals surface area contributed by atoms with Crippen LogP contribution in [0.3, 0.4) is 0 Å². The third kappa shape index (κ3) is 7.44. The number of halogens is 1. The first-order valence-corrected chi connectivity index (χ1v) is 8.78. The Bertz CT molecular complexity index is 395. The average molecular weight is 355 g/mol. The molecule has 1 aromatic carbocycles. The Morgan fingerprint density at radius 2 is 1.81 bits per heavy atom. The van der Waals surface area contributed by atoms with E-state index < -0.39 is 0 Å². The van der Waals surface area contributed by atoms with E-state index >= 15 is 0 Å². The van der Waals surface area contributed by atoms with Gasteiger partial charge in [-0.2, -0.15) is 0 Å². The average Bonchev–Trinajstić information content (AvgIpc) is 2.40. The molecule has 0 heterocycles. The van der Waals surface area contributed by atoms with Gasteiger partial charge in [-0.25, -0.2) is 0 Å². The van der Waals surface area contributed by atoms with Gasteiger partial charge in [0.05, 0.1) is 0 Å². The minimum absolute atomic E-state index is 0.313. The van der Waals surface area contributed by atoms with Gasteiger partial charge in [0.25, 0.3) is 0 Å². The van der Waals surface area contributed by atoms with Crippen LogP contribution in [0.2, 0.25) is 0 Å². The predicted molar refractivity (Wildman–Crippen MR) is 96.6 cm³/mol. The SMILES string of the molecule is CCCNC(CCN(C)Cc1ccc(Br)cc1)C(C)(C)C. The summed E-state index contributed by atoms with van der Waals surface area (Å²) in [6.07, 6.45) is 2.39. The van der Waals surface area contributed by atoms with E-state index in [1.807, 2.05) is 0 Å². The summed E-state index contributed by atoms with van der Waals surface area (Å²) in [6.45, 7) is 12.5. The molecule has 1 rings (SSSR count). The van der Waals surface area contributed by atoms with Crippen molar-refractivity contribution in [1.29, 1.82) is 0 Å². The van der Waals surface area contributed by atoms with Gasteiger partial charge >= 0.3 is 0 Å². The highest BCUT2D eigenvalue weighted by molar-refractivity contribution is 9.10. The van der Waals surface area contributed by atoms with E-state index in [0.29, 0.717) is 11.5 Å². The summed E-state index contributed by atoms with van der Waals surface area (Å²) in [5.74, 6) is 0. The maximum absolute atomic E-state index is 3.70. The second-order valence-corrected chi connectivity index (χ2v) is 7.94. The fraction of sp³-hybridized carbons (Fsp3) is 0.667. The minimum atomic E-state index is 0.313. The minimum Gasteiger partial charge on any atom is -0.313 e. The Morgan fingerprint density at radius 3 is 2.33 bits per heavy atom. The van der Waals surface area contributed by atoms with Crippen molar-refractivity contribution in [2.45, 2.75) is 53.1 Å². The number of hydrogen-bond donors (Lipinski definition) is 1. The first-order valence-electron chi connectivity index (χ1n) is 7.99. The third-order valence-electron chi connectivity index (χ3n) is 3.85. The van der Waals surface area contributed by atoms with Gasteiger partial charge < -0.3 is 10.2 Å². The van der Waals surface area contributed by atoms with Crippen LogP contribution in [0.15, 0.2) is 28.7 Å². The summed E-state index contributed by atoms with van der Waals surface area (Å²) in [4.78, 5) is 2.41. The summed E-state index contributed by atoms with van der Waals surface area (Å²) in [5.41, 5.74) is 1.68. The summed E-state index contributed by atoms with van der Waals surface area (Å²) >= 11 is 3.49. The van der Waals surface area contributed by atoms with E-state index in [1.54, 1.807) is 0 Å². The van der Waals surface area contributed by atoms with Crippen LogP contribution in [0.25, 0.3) is 0 Å². The molecule has 0 aliphatic heterocycles. The molecular weight excluding hydrogens is 324 g/mol. The fourth-order valence-corrected chi connectivity index (χ4v) is 2.75. The molecule has 0 bridgehead atoms. The van der Waals surface area contributed by atoms with Gasteiger partial charge in [-0.05, 0) is 56.1 Å². The van der Waals surface area contributed by atoms with Crippen LogP contribution < -0.4 is 5.32 Å². The molecule has 0 aliphatic rings. The lowest BCUT2D eigenvalue weighted by Gasteiger charge is -2.33. The molecule has 0 saturated carbocycles. The number of benzene rings is 1. The molecule has 120 valence electrons. The molecule has 0 aliphatic carbocycles. The standard InChI is InChI=1S/C18H31BrN2/c1-6-12-20-17(18(2,3)4)11-13-21(5)14-15-7-9-16(19)10-8-15/h7-10,17,20H,6,11-14H2,1-5H3. The van der Waals surface area contributed by atoms with Gasteiger partial charge in [0, 0.05) is 17.1 Å². The van der Waals surface area contributed by atoms with Crippen molar-refractivity contribution in [3.63, 3.8) is 0 Å². The molecule has 1 unspecified atom stereocenters. The van der Waals surface area contributed by atoms with Crippen molar-refractivity contribution in [3.8, 4) is 0 Å². The van der Waals surface area contributed by atoms with Crippen LogP contribution in [0.1, 0.15) is 46.1 Å². The van der Waals surface area contributed by atoms with Crippen LogP contribution in [-0.2, 0) is 6.54 Å². The van der Waals surface area contributed by atoms with Crippen molar-refractivity contribution in [2.75, 3.05) is 20.1 Å². The number of rotatable bonds is 8. The van der Waals surface area contributed by atoms with Gasteiger partial charge in [-0.3, -0.25) is 0 Å². The van der Waals surface area contributed by atoms with Crippen LogP contribution in [-0.4, -0.2) is 31.1 Å². The molecule has 0 aromatic heterocycles. The van der Waals surface area contributed by atoms with E-state index in [0.717, 1.165) is 24.1 Å². The Morgan fingerprint density at radius 1 is 1.19 bits per heavy atom. The Labute approximate surface area is 139 Å². The van der Waals surface area contributed by atoms with Crippen molar-refractivity contribution in [2.24, 2.45) is 5.41 Å². The quantitative estimate of drug-likeness (QED) is 0.728. The zero-order valence-electron chi connectivity index (χ0n) is 14.2. The van der Waals surface area contributed by atoms with Crippen LogP contribution >= 0.6 is 15.9 Å². The molecule has 3 heteroatoms. The van der Waals surface area contributed by atoms with Crippen LogP contribution in [0, 0.1) is 5.41 Å². The summed E-state index contributed by atoms with van der Waals surface area (Å²) < 4.78 is 1.14. The highest BCUT2D eigenvalue weighted by Gasteiger charge is 2.23. The molecular formula is C18H31BrN2. The summed E-state index contributed by atoms with van der Waals surface area (Å²) in [5, 5.41) is 3.70. The molecule has 0 spiro atoms. The largest absolute Gasteiger partial charge is 0.313 e. The van der Waals surface area contributed by atoms with Gasteiger partial charge in [-0.1, -0.05) is 55.8 Å². The molecule has 1 N–H and O–H groups in total. The van der Waals surface area contributed by atoms with Crippen LogP contribution in [0.4, 0.5) is 0 Å². The number of nitrogens with one attached hydrogen (secondary N) is 1. The zero-order valence-corrected chi connectivity index (χ0v) is 15.8. The third-order valence-corrected chi connectivity index (χ3v) is 4.38. The summed E-state index contributed by atoms with van der Waals surface area (Å²) in [6, 6.07) is 9.19. The van der Waals surface area contributed by atoms with E-state index in [9.17, 15) is 0 Å². The number of hydrogen-bond acceptors (Lipinski definition) is 2. The maximum atomic E-state index is 3.70. The normalized spacial score (nSPS) is 13.7. The summed E-state index contributed by atoms with van der Waals surface area (Å²) in [7, 11) is 2.21. The molecule has 1 aromatic rings. The lowest BCUT2D eigenvalue weighted by Crippen LogP contribution is -2.42. The Balaban J connectivity index is 2.45. The molecule has 0 fully saturated rings. The Hall–Kier alpha value is -0.380. The van der Waals surface area contributed by atoms with Gasteiger partial charge in [-0.15, -0.1) is 0 Å². The molecule has 0 amide bonds. The molecule has 0 saturated heterocycles. The van der Waals surface area contributed by atoms with Gasteiger partial charge in [0.15, 0.2) is 0 Å². The molecule has 1 atom stereocenters. The van der Waals surface area contributed by atoms with Crippen molar-refractivity contribution < 1.29 is 0 Å². The second kappa shape index (κ2) is 8.92. The monoisotopic (exact) mass is 354 g/mol. The first kappa shape index (κ1) is 18.7. The Kier molecular flexibility index (Phi) is 7.93. The molecule has 21 heavy (non-hydrogen) atoms. The van der Waals surface area contributed by atoms with Crippen molar-refractivity contribution >= 4 is 15.9 Å². The van der Waals surface area contributed by atoms with Crippen molar-refractivity contribution in [1.82, 2.24) is 10.2 Å².